The molecule has 0 spiro atoms. The van der Waals surface area contributed by atoms with Crippen LogP contribution in [0.15, 0.2) is 243 Å². The molecule has 11 aromatic rings. The number of nitrogens with zero attached hydrogens (tertiary/aromatic N) is 2. The highest BCUT2D eigenvalue weighted by Crippen LogP contribution is 2.42. The van der Waals surface area contributed by atoms with Crippen LogP contribution >= 0.6 is 0 Å². The second-order valence-electron chi connectivity index (χ2n) is 15.3. The van der Waals surface area contributed by atoms with E-state index in [0.717, 1.165) is 22.7 Å². The molecule has 11 rings (SSSR count). The van der Waals surface area contributed by atoms with Gasteiger partial charge in [-0.25, -0.2) is 0 Å². The van der Waals surface area contributed by atoms with Gasteiger partial charge in [0.05, 0.1) is 11.0 Å². The Balaban J connectivity index is 1.04. The molecular weight excluding hydrogens is 725 g/mol. The summed E-state index contributed by atoms with van der Waals surface area (Å²) in [6.45, 7) is 0. The molecule has 2 heteroatoms. The molecule has 0 bridgehead atoms. The summed E-state index contributed by atoms with van der Waals surface area (Å²) < 4.78 is 2.44. The predicted octanol–water partition coefficient (Wildman–Crippen LogP) is 16.1. The minimum absolute atomic E-state index is 1.08. The highest BCUT2D eigenvalue weighted by atomic mass is 15.1. The van der Waals surface area contributed by atoms with Gasteiger partial charge in [-0.2, -0.15) is 0 Å². The van der Waals surface area contributed by atoms with E-state index >= 15 is 0 Å². The lowest BCUT2D eigenvalue weighted by Crippen LogP contribution is -2.10. The van der Waals surface area contributed by atoms with Crippen molar-refractivity contribution in [2.24, 2.45) is 0 Å². The number of hydrogen-bond acceptors (Lipinski definition) is 1. The fourth-order valence-electron chi connectivity index (χ4n) is 8.94. The molecule has 0 amide bonds. The second-order valence-corrected chi connectivity index (χ2v) is 15.3. The van der Waals surface area contributed by atoms with E-state index in [1.165, 1.54) is 77.1 Å². The van der Waals surface area contributed by atoms with Crippen molar-refractivity contribution in [3.63, 3.8) is 0 Å². The van der Waals surface area contributed by atoms with Crippen molar-refractivity contribution in [3.05, 3.63) is 243 Å². The molecule has 282 valence electrons. The summed E-state index contributed by atoms with van der Waals surface area (Å²) in [5, 5.41) is 5.00. The van der Waals surface area contributed by atoms with Gasteiger partial charge in [-0.05, 0) is 104 Å². The summed E-state index contributed by atoms with van der Waals surface area (Å²) in [5.41, 5.74) is 16.4. The lowest BCUT2D eigenvalue weighted by atomic mass is 9.95. The number of para-hydroxylation sites is 2. The lowest BCUT2D eigenvalue weighted by molar-refractivity contribution is 1.17. The van der Waals surface area contributed by atoms with Crippen LogP contribution in [0.3, 0.4) is 0 Å². The molecule has 10 aromatic carbocycles. The Morgan fingerprint density at radius 1 is 0.283 bits per heavy atom. The molecule has 0 radical (unpaired) electrons. The molecular formula is C58H40N2. The number of fused-ring (bicyclic) bond motifs is 4. The molecule has 0 aliphatic rings. The van der Waals surface area contributed by atoms with Crippen molar-refractivity contribution in [2.75, 3.05) is 4.90 Å². The third kappa shape index (κ3) is 6.32. The molecule has 1 heterocycles. The standard InChI is InChI=1S/C58H40N2/c1-3-15-41(16-4-1)42-31-35-48(36-32-42)59(49-37-33-43(34-38-49)46-21-11-22-47(39-46)53-27-12-20-44-19-7-8-25-52(44)53)50-23-13-24-51(40-50)60-57-30-10-9-26-55(57)56-29-14-28-54(58(56)60)45-17-5-2-6-18-45/h1-40H. The highest BCUT2D eigenvalue weighted by Gasteiger charge is 2.19. The third-order valence-electron chi connectivity index (χ3n) is 11.8. The van der Waals surface area contributed by atoms with E-state index in [9.17, 15) is 0 Å². The average molecular weight is 765 g/mol. The molecule has 0 saturated carbocycles. The average Bonchev–Trinajstić information content (AvgIpc) is 3.67. The smallest absolute Gasteiger partial charge is 0.0619 e. The fourth-order valence-corrected chi connectivity index (χ4v) is 8.94. The van der Waals surface area contributed by atoms with Crippen LogP contribution in [-0.2, 0) is 0 Å². The minimum atomic E-state index is 1.08. The Morgan fingerprint density at radius 2 is 0.800 bits per heavy atom. The van der Waals surface area contributed by atoms with Gasteiger partial charge in [0, 0.05) is 39.1 Å². The molecule has 0 N–H and O–H groups in total. The van der Waals surface area contributed by atoms with Crippen molar-refractivity contribution in [1.82, 2.24) is 4.57 Å². The third-order valence-corrected chi connectivity index (χ3v) is 11.8. The van der Waals surface area contributed by atoms with Crippen LogP contribution in [0.5, 0.6) is 0 Å². The van der Waals surface area contributed by atoms with Crippen molar-refractivity contribution >= 4 is 49.6 Å². The van der Waals surface area contributed by atoms with Gasteiger partial charge >= 0.3 is 0 Å². The zero-order valence-electron chi connectivity index (χ0n) is 33.0. The number of benzene rings is 10. The highest BCUT2D eigenvalue weighted by molar-refractivity contribution is 6.14. The van der Waals surface area contributed by atoms with Crippen LogP contribution in [0.2, 0.25) is 0 Å². The minimum Gasteiger partial charge on any atom is -0.310 e. The van der Waals surface area contributed by atoms with E-state index in [2.05, 4.69) is 252 Å². The number of hydrogen-bond donors (Lipinski definition) is 0. The maximum atomic E-state index is 2.44. The van der Waals surface area contributed by atoms with Crippen molar-refractivity contribution in [3.8, 4) is 50.2 Å². The van der Waals surface area contributed by atoms with Crippen LogP contribution in [0.25, 0.3) is 82.8 Å². The van der Waals surface area contributed by atoms with E-state index in [4.69, 9.17) is 0 Å². The van der Waals surface area contributed by atoms with E-state index in [0.29, 0.717) is 0 Å². The van der Waals surface area contributed by atoms with Crippen molar-refractivity contribution < 1.29 is 0 Å². The van der Waals surface area contributed by atoms with Gasteiger partial charge in [0.15, 0.2) is 0 Å². The van der Waals surface area contributed by atoms with Gasteiger partial charge in [0.25, 0.3) is 0 Å². The zero-order valence-corrected chi connectivity index (χ0v) is 33.0. The molecule has 0 aliphatic heterocycles. The lowest BCUT2D eigenvalue weighted by Gasteiger charge is -2.27. The van der Waals surface area contributed by atoms with Crippen molar-refractivity contribution in [1.29, 1.82) is 0 Å². The van der Waals surface area contributed by atoms with Gasteiger partial charge in [-0.3, -0.25) is 0 Å². The monoisotopic (exact) mass is 764 g/mol. The molecule has 1 aromatic heterocycles. The molecule has 0 unspecified atom stereocenters. The van der Waals surface area contributed by atoms with Gasteiger partial charge in [-0.15, -0.1) is 0 Å². The van der Waals surface area contributed by atoms with Crippen LogP contribution in [0.4, 0.5) is 17.1 Å². The molecule has 0 saturated heterocycles. The molecule has 2 nitrogen and oxygen atoms in total. The Kier molecular flexibility index (Phi) is 8.87. The largest absolute Gasteiger partial charge is 0.310 e. The van der Waals surface area contributed by atoms with Crippen molar-refractivity contribution in [2.45, 2.75) is 0 Å². The summed E-state index contributed by atoms with van der Waals surface area (Å²) in [5.74, 6) is 0. The van der Waals surface area contributed by atoms with Gasteiger partial charge in [0.1, 0.15) is 0 Å². The fraction of sp³-hybridized carbons (Fsp3) is 0. The molecule has 0 aliphatic carbocycles. The van der Waals surface area contributed by atoms with E-state index in [-0.39, 0.29) is 0 Å². The van der Waals surface area contributed by atoms with E-state index in [1.807, 2.05) is 0 Å². The van der Waals surface area contributed by atoms with Gasteiger partial charge < -0.3 is 9.47 Å². The predicted molar refractivity (Wildman–Crippen MR) is 255 cm³/mol. The normalized spacial score (nSPS) is 11.3. The van der Waals surface area contributed by atoms with E-state index in [1.54, 1.807) is 0 Å². The Bertz CT molecular complexity index is 3280. The Morgan fingerprint density at radius 3 is 1.57 bits per heavy atom. The Hall–Kier alpha value is -7.94. The summed E-state index contributed by atoms with van der Waals surface area (Å²) in [4.78, 5) is 2.38. The van der Waals surface area contributed by atoms with E-state index < -0.39 is 0 Å². The number of aromatic nitrogens is 1. The SMILES string of the molecule is c1ccc(-c2ccc(N(c3ccc(-c4cccc(-c5cccc6ccccc56)c4)cc3)c3cccc(-n4c5ccccc5c5cccc(-c6ccccc6)c54)c3)cc2)cc1. The van der Waals surface area contributed by atoms with Gasteiger partial charge in [0.2, 0.25) is 0 Å². The maximum absolute atomic E-state index is 2.44. The number of rotatable bonds is 8. The summed E-state index contributed by atoms with van der Waals surface area (Å²) >= 11 is 0. The maximum Gasteiger partial charge on any atom is 0.0619 e. The summed E-state index contributed by atoms with van der Waals surface area (Å²) in [6.07, 6.45) is 0. The number of anilines is 3. The second kappa shape index (κ2) is 15.1. The van der Waals surface area contributed by atoms with Crippen LogP contribution < -0.4 is 4.90 Å². The quantitative estimate of drug-likeness (QED) is 0.150. The zero-order chi connectivity index (χ0) is 39.8. The molecule has 60 heavy (non-hydrogen) atoms. The first kappa shape index (κ1) is 35.2. The molecule has 0 atom stereocenters. The first-order chi connectivity index (χ1) is 29.8. The Labute approximate surface area is 350 Å². The first-order valence-corrected chi connectivity index (χ1v) is 20.6. The topological polar surface area (TPSA) is 8.17 Å². The molecule has 0 fully saturated rings. The summed E-state index contributed by atoms with van der Waals surface area (Å²) in [6, 6.07) is 87.8. The first-order valence-electron chi connectivity index (χ1n) is 20.6. The summed E-state index contributed by atoms with van der Waals surface area (Å²) in [7, 11) is 0. The van der Waals surface area contributed by atoms with Crippen LogP contribution in [0.1, 0.15) is 0 Å². The van der Waals surface area contributed by atoms with Crippen LogP contribution in [0, 0.1) is 0 Å². The van der Waals surface area contributed by atoms with Gasteiger partial charge in [-0.1, -0.05) is 188 Å². The van der Waals surface area contributed by atoms with Crippen LogP contribution in [-0.4, -0.2) is 4.57 Å².